The van der Waals surface area contributed by atoms with Gasteiger partial charge in [-0.05, 0) is 33.7 Å². The summed E-state index contributed by atoms with van der Waals surface area (Å²) in [4.78, 5) is 23.3. The van der Waals surface area contributed by atoms with Crippen LogP contribution in [-0.2, 0) is 4.74 Å². The number of nitrogens with one attached hydrogen (secondary N) is 2. The van der Waals surface area contributed by atoms with Gasteiger partial charge in [-0.25, -0.2) is 9.59 Å². The Hall–Kier alpha value is -1.50. The molecule has 1 fully saturated rings. The van der Waals surface area contributed by atoms with Crippen LogP contribution in [0, 0.1) is 5.92 Å². The molecule has 0 bridgehead atoms. The van der Waals surface area contributed by atoms with Gasteiger partial charge in [-0.3, -0.25) is 0 Å². The number of hydrogen-bond donors (Lipinski definition) is 3. The zero-order chi connectivity index (χ0) is 15.2. The predicted octanol–water partition coefficient (Wildman–Crippen LogP) is 1.10. The minimum Gasteiger partial charge on any atom is -0.465 e. The Balaban J connectivity index is 1.91. The van der Waals surface area contributed by atoms with Crippen molar-refractivity contribution < 1.29 is 19.4 Å². The van der Waals surface area contributed by atoms with Crippen LogP contribution in [0.2, 0.25) is 0 Å². The lowest BCUT2D eigenvalue weighted by Gasteiger charge is -2.37. The highest BCUT2D eigenvalue weighted by atomic mass is 16.6. The summed E-state index contributed by atoms with van der Waals surface area (Å²) in [5.41, 5.74) is -0.470. The molecule has 7 nitrogen and oxygen atoms in total. The minimum atomic E-state index is -0.845. The third kappa shape index (κ3) is 6.60. The molecule has 0 unspecified atom stereocenters. The van der Waals surface area contributed by atoms with Gasteiger partial charge in [0.25, 0.3) is 0 Å². The Bertz CT molecular complexity index is 335. The molecule has 0 aromatic carbocycles. The molecule has 0 radical (unpaired) electrons. The number of carbonyl (C=O) groups is 2. The topological polar surface area (TPSA) is 90.9 Å². The molecule has 0 aromatic heterocycles. The van der Waals surface area contributed by atoms with E-state index >= 15 is 0 Å². The molecule has 1 aliphatic heterocycles. The molecule has 116 valence electrons. The summed E-state index contributed by atoms with van der Waals surface area (Å²) in [5, 5.41) is 14.6. The second kappa shape index (κ2) is 7.33. The Morgan fingerprint density at radius 3 is 2.50 bits per heavy atom. The summed E-state index contributed by atoms with van der Waals surface area (Å²) in [6.45, 7) is 8.87. The quantitative estimate of drug-likeness (QED) is 0.636. The van der Waals surface area contributed by atoms with Crippen LogP contribution in [0.4, 0.5) is 9.59 Å². The SMILES string of the molecule is CC(C)(C)OC(=O)NCCCNCC1CN(C(=O)O)C1. The number of carboxylic acid groups (broad SMARTS) is 1. The van der Waals surface area contributed by atoms with Gasteiger partial charge in [-0.1, -0.05) is 0 Å². The molecule has 1 aliphatic rings. The fourth-order valence-corrected chi connectivity index (χ4v) is 1.88. The number of amides is 2. The summed E-state index contributed by atoms with van der Waals surface area (Å²) < 4.78 is 5.11. The largest absolute Gasteiger partial charge is 0.465 e. The molecule has 0 atom stereocenters. The van der Waals surface area contributed by atoms with Crippen LogP contribution in [0.1, 0.15) is 27.2 Å². The van der Waals surface area contributed by atoms with Crippen molar-refractivity contribution in [3.8, 4) is 0 Å². The first kappa shape index (κ1) is 16.6. The minimum absolute atomic E-state index is 0.395. The van der Waals surface area contributed by atoms with Gasteiger partial charge in [0.05, 0.1) is 0 Å². The van der Waals surface area contributed by atoms with Gasteiger partial charge in [0, 0.05) is 32.1 Å². The highest BCUT2D eigenvalue weighted by Gasteiger charge is 2.29. The molecular weight excluding hydrogens is 262 g/mol. The van der Waals surface area contributed by atoms with Gasteiger partial charge in [0.2, 0.25) is 0 Å². The van der Waals surface area contributed by atoms with Crippen LogP contribution >= 0.6 is 0 Å². The van der Waals surface area contributed by atoms with E-state index in [0.29, 0.717) is 25.6 Å². The molecule has 2 amide bonds. The lowest BCUT2D eigenvalue weighted by atomic mass is 10.0. The number of nitrogens with zero attached hydrogens (tertiary/aromatic N) is 1. The van der Waals surface area contributed by atoms with E-state index in [0.717, 1.165) is 19.5 Å². The molecule has 1 saturated heterocycles. The van der Waals surface area contributed by atoms with Crippen molar-refractivity contribution in [3.63, 3.8) is 0 Å². The van der Waals surface area contributed by atoms with E-state index < -0.39 is 17.8 Å². The van der Waals surface area contributed by atoms with E-state index in [1.807, 2.05) is 20.8 Å². The summed E-state index contributed by atoms with van der Waals surface area (Å²) >= 11 is 0. The number of hydrogen-bond acceptors (Lipinski definition) is 4. The third-order valence-corrected chi connectivity index (χ3v) is 2.86. The second-order valence-electron chi connectivity index (χ2n) is 6.04. The fourth-order valence-electron chi connectivity index (χ4n) is 1.88. The number of ether oxygens (including phenoxy) is 1. The number of likely N-dealkylation sites (tertiary alicyclic amines) is 1. The van der Waals surface area contributed by atoms with Crippen LogP contribution < -0.4 is 10.6 Å². The Kier molecular flexibility index (Phi) is 6.06. The van der Waals surface area contributed by atoms with E-state index in [9.17, 15) is 9.59 Å². The van der Waals surface area contributed by atoms with Crippen LogP contribution in [0.15, 0.2) is 0 Å². The van der Waals surface area contributed by atoms with Gasteiger partial charge in [-0.15, -0.1) is 0 Å². The van der Waals surface area contributed by atoms with Gasteiger partial charge in [0.1, 0.15) is 5.60 Å². The van der Waals surface area contributed by atoms with E-state index in [4.69, 9.17) is 9.84 Å². The Morgan fingerprint density at radius 2 is 1.95 bits per heavy atom. The van der Waals surface area contributed by atoms with Crippen molar-refractivity contribution >= 4 is 12.2 Å². The summed E-state index contributed by atoms with van der Waals surface area (Å²) in [6.07, 6.45) is -0.425. The normalized spacial score (nSPS) is 15.7. The van der Waals surface area contributed by atoms with Gasteiger partial charge >= 0.3 is 12.2 Å². The number of carbonyl (C=O) groups excluding carboxylic acids is 1. The second-order valence-corrected chi connectivity index (χ2v) is 6.04. The first-order valence-electron chi connectivity index (χ1n) is 6.93. The Labute approximate surface area is 119 Å². The molecule has 20 heavy (non-hydrogen) atoms. The first-order chi connectivity index (χ1) is 9.28. The van der Waals surface area contributed by atoms with E-state index in [-0.39, 0.29) is 0 Å². The molecule has 7 heteroatoms. The highest BCUT2D eigenvalue weighted by Crippen LogP contribution is 2.13. The lowest BCUT2D eigenvalue weighted by molar-refractivity contribution is 0.0527. The van der Waals surface area contributed by atoms with Crippen molar-refractivity contribution in [3.05, 3.63) is 0 Å². The predicted molar refractivity (Wildman–Crippen MR) is 74.8 cm³/mol. The first-order valence-corrected chi connectivity index (χ1v) is 6.93. The summed E-state index contributed by atoms with van der Waals surface area (Å²) in [5.74, 6) is 0.407. The molecule has 0 saturated carbocycles. The molecule has 0 spiro atoms. The number of alkyl carbamates (subject to hydrolysis) is 1. The molecule has 1 heterocycles. The smallest absolute Gasteiger partial charge is 0.407 e. The summed E-state index contributed by atoms with van der Waals surface area (Å²) in [7, 11) is 0. The van der Waals surface area contributed by atoms with E-state index in [1.165, 1.54) is 4.90 Å². The van der Waals surface area contributed by atoms with Crippen molar-refractivity contribution in [2.24, 2.45) is 5.92 Å². The zero-order valence-corrected chi connectivity index (χ0v) is 12.4. The van der Waals surface area contributed by atoms with Crippen LogP contribution in [0.25, 0.3) is 0 Å². The molecule has 0 aliphatic carbocycles. The lowest BCUT2D eigenvalue weighted by Crippen LogP contribution is -2.52. The zero-order valence-electron chi connectivity index (χ0n) is 12.4. The standard InChI is InChI=1S/C13H25N3O4/c1-13(2,3)20-11(17)15-6-4-5-14-7-10-8-16(9-10)12(18)19/h10,14H,4-9H2,1-3H3,(H,15,17)(H,18,19). The van der Waals surface area contributed by atoms with Gasteiger partial charge in [0.15, 0.2) is 0 Å². The maximum atomic E-state index is 11.3. The van der Waals surface area contributed by atoms with Gasteiger partial charge < -0.3 is 25.4 Å². The monoisotopic (exact) mass is 287 g/mol. The molecule has 3 N–H and O–H groups in total. The maximum Gasteiger partial charge on any atom is 0.407 e. The fraction of sp³-hybridized carbons (Fsp3) is 0.846. The van der Waals surface area contributed by atoms with Crippen molar-refractivity contribution in [1.29, 1.82) is 0 Å². The third-order valence-electron chi connectivity index (χ3n) is 2.86. The van der Waals surface area contributed by atoms with Gasteiger partial charge in [-0.2, -0.15) is 0 Å². The Morgan fingerprint density at radius 1 is 1.30 bits per heavy atom. The number of rotatable bonds is 6. The van der Waals surface area contributed by atoms with Crippen molar-refractivity contribution in [1.82, 2.24) is 15.5 Å². The van der Waals surface area contributed by atoms with Crippen LogP contribution in [-0.4, -0.2) is 60.5 Å². The van der Waals surface area contributed by atoms with E-state index in [1.54, 1.807) is 0 Å². The highest BCUT2D eigenvalue weighted by molar-refractivity contribution is 5.67. The molecular formula is C13H25N3O4. The van der Waals surface area contributed by atoms with Crippen LogP contribution in [0.3, 0.4) is 0 Å². The van der Waals surface area contributed by atoms with Crippen molar-refractivity contribution in [2.45, 2.75) is 32.8 Å². The maximum absolute atomic E-state index is 11.3. The van der Waals surface area contributed by atoms with Crippen molar-refractivity contribution in [2.75, 3.05) is 32.7 Å². The van der Waals surface area contributed by atoms with E-state index in [2.05, 4.69) is 10.6 Å². The summed E-state index contributed by atoms with van der Waals surface area (Å²) in [6, 6.07) is 0. The average Bonchev–Trinajstić information content (AvgIpc) is 2.21. The van der Waals surface area contributed by atoms with Crippen LogP contribution in [0.5, 0.6) is 0 Å². The average molecular weight is 287 g/mol. The molecule has 1 rings (SSSR count). The molecule has 0 aromatic rings.